The number of imidazole rings is 1. The van der Waals surface area contributed by atoms with Crippen molar-refractivity contribution >= 4 is 17.2 Å². The van der Waals surface area contributed by atoms with Gasteiger partial charge in [-0.05, 0) is 31.9 Å². The second-order valence-corrected chi connectivity index (χ2v) is 7.38. The normalized spacial score (nSPS) is 15.5. The van der Waals surface area contributed by atoms with E-state index in [-0.39, 0.29) is 17.5 Å². The van der Waals surface area contributed by atoms with Gasteiger partial charge in [-0.2, -0.15) is 5.10 Å². The van der Waals surface area contributed by atoms with Crippen molar-refractivity contribution < 1.29 is 4.79 Å². The number of aromatic nitrogens is 5. The molecule has 1 saturated heterocycles. The third-order valence-corrected chi connectivity index (χ3v) is 5.88. The average Bonchev–Trinajstić information content (AvgIpc) is 3.41. The maximum atomic E-state index is 12.8. The molecule has 0 aliphatic carbocycles. The van der Waals surface area contributed by atoms with E-state index in [0.717, 1.165) is 34.2 Å². The molecule has 0 atom stereocenters. The minimum atomic E-state index is -0.162. The van der Waals surface area contributed by atoms with Crippen LogP contribution in [0.1, 0.15) is 41.2 Å². The monoisotopic (exact) mass is 372 g/mol. The van der Waals surface area contributed by atoms with Gasteiger partial charge in [-0.3, -0.25) is 9.36 Å². The van der Waals surface area contributed by atoms with E-state index >= 15 is 0 Å². The van der Waals surface area contributed by atoms with Crippen LogP contribution >= 0.6 is 11.3 Å². The summed E-state index contributed by atoms with van der Waals surface area (Å²) in [6.45, 7) is 3.88. The quantitative estimate of drug-likeness (QED) is 0.732. The van der Waals surface area contributed by atoms with Gasteiger partial charge in [0.15, 0.2) is 0 Å². The Kier molecular flexibility index (Phi) is 4.46. The Balaban J connectivity index is 1.43. The predicted octanol–water partition coefficient (Wildman–Crippen LogP) is 2.06. The Hall–Kier alpha value is -2.68. The molecule has 3 aromatic heterocycles. The van der Waals surface area contributed by atoms with Crippen LogP contribution in [0.5, 0.6) is 0 Å². The summed E-state index contributed by atoms with van der Waals surface area (Å²) in [5.74, 6) is 1.85. The lowest BCUT2D eigenvalue weighted by molar-refractivity contribution is 0.0715. The topological polar surface area (TPSA) is 99.7 Å². The molecule has 4 heterocycles. The third-order valence-electron chi connectivity index (χ3n) is 4.80. The Morgan fingerprint density at radius 2 is 2.15 bits per heavy atom. The molecule has 8 nitrogen and oxygen atoms in total. The Bertz CT molecular complexity index is 946. The molecule has 0 saturated carbocycles. The fourth-order valence-corrected chi connectivity index (χ4v) is 4.36. The summed E-state index contributed by atoms with van der Waals surface area (Å²) in [6.07, 6.45) is 5.09. The van der Waals surface area contributed by atoms with E-state index in [0.29, 0.717) is 19.6 Å². The van der Waals surface area contributed by atoms with E-state index in [1.165, 1.54) is 11.3 Å². The fraction of sp³-hybridized carbons (Fsp3) is 0.412. The van der Waals surface area contributed by atoms with Crippen molar-refractivity contribution in [1.82, 2.24) is 29.6 Å². The van der Waals surface area contributed by atoms with Crippen LogP contribution in [0.25, 0.3) is 10.7 Å². The summed E-state index contributed by atoms with van der Waals surface area (Å²) in [4.78, 5) is 35.4. The van der Waals surface area contributed by atoms with Gasteiger partial charge in [0.25, 0.3) is 5.91 Å². The molecule has 3 aromatic rings. The van der Waals surface area contributed by atoms with Gasteiger partial charge in [-0.15, -0.1) is 11.3 Å². The number of hydrogen-bond donors (Lipinski definition) is 2. The number of carbonyl (C=O) groups is 1. The Morgan fingerprint density at radius 3 is 2.85 bits per heavy atom. The first-order valence-electron chi connectivity index (χ1n) is 8.71. The number of amides is 1. The summed E-state index contributed by atoms with van der Waals surface area (Å²) in [6, 6.07) is 3.78. The molecule has 0 bridgehead atoms. The van der Waals surface area contributed by atoms with Crippen LogP contribution in [-0.2, 0) is 6.54 Å². The van der Waals surface area contributed by atoms with Crippen LogP contribution < -0.4 is 5.69 Å². The highest BCUT2D eigenvalue weighted by Crippen LogP contribution is 2.30. The zero-order valence-corrected chi connectivity index (χ0v) is 15.3. The lowest BCUT2D eigenvalue weighted by atomic mass is 9.95. The second-order valence-electron chi connectivity index (χ2n) is 6.30. The van der Waals surface area contributed by atoms with Crippen molar-refractivity contribution in [3.8, 4) is 10.7 Å². The van der Waals surface area contributed by atoms with Crippen LogP contribution in [-0.4, -0.2) is 48.6 Å². The summed E-state index contributed by atoms with van der Waals surface area (Å²) in [5.41, 5.74) is -0.162. The van der Waals surface area contributed by atoms with E-state index in [1.54, 1.807) is 17.0 Å². The van der Waals surface area contributed by atoms with E-state index in [9.17, 15) is 9.59 Å². The van der Waals surface area contributed by atoms with Gasteiger partial charge in [0.2, 0.25) is 0 Å². The molecule has 1 fully saturated rings. The number of rotatable bonds is 4. The summed E-state index contributed by atoms with van der Waals surface area (Å²) in [7, 11) is 0. The van der Waals surface area contributed by atoms with Gasteiger partial charge in [0, 0.05) is 37.9 Å². The lowest BCUT2D eigenvalue weighted by Crippen LogP contribution is -2.38. The van der Waals surface area contributed by atoms with Crippen LogP contribution in [0.2, 0.25) is 0 Å². The fourth-order valence-electron chi connectivity index (χ4n) is 3.42. The van der Waals surface area contributed by atoms with Crippen molar-refractivity contribution in [2.24, 2.45) is 0 Å². The maximum absolute atomic E-state index is 12.8. The van der Waals surface area contributed by atoms with Crippen molar-refractivity contribution in [1.29, 1.82) is 0 Å². The Labute approximate surface area is 153 Å². The Morgan fingerprint density at radius 1 is 1.35 bits per heavy atom. The largest absolute Gasteiger partial charge is 0.344 e. The smallest absolute Gasteiger partial charge is 0.343 e. The van der Waals surface area contributed by atoms with Crippen molar-refractivity contribution in [3.63, 3.8) is 0 Å². The number of hydrogen-bond acceptors (Lipinski definition) is 5. The number of nitrogens with zero attached hydrogens (tertiary/aromatic N) is 4. The predicted molar refractivity (Wildman–Crippen MR) is 98.3 cm³/mol. The molecule has 136 valence electrons. The molecule has 1 aliphatic heterocycles. The van der Waals surface area contributed by atoms with Gasteiger partial charge in [-0.1, -0.05) is 0 Å². The van der Waals surface area contributed by atoms with Crippen molar-refractivity contribution in [2.75, 3.05) is 13.1 Å². The van der Waals surface area contributed by atoms with Crippen LogP contribution in [0.4, 0.5) is 0 Å². The zero-order chi connectivity index (χ0) is 18.1. The molecular weight excluding hydrogens is 352 g/mol. The van der Waals surface area contributed by atoms with Crippen LogP contribution in [0.15, 0.2) is 29.3 Å². The van der Waals surface area contributed by atoms with Gasteiger partial charge in [0.05, 0.1) is 9.75 Å². The molecular formula is C17H20N6O2S. The lowest BCUT2D eigenvalue weighted by Gasteiger charge is -2.31. The molecule has 9 heteroatoms. The van der Waals surface area contributed by atoms with E-state index in [1.807, 2.05) is 24.0 Å². The average molecular weight is 372 g/mol. The number of carbonyl (C=O) groups excluding carboxylic acids is 1. The van der Waals surface area contributed by atoms with E-state index in [4.69, 9.17) is 0 Å². The van der Waals surface area contributed by atoms with Gasteiger partial charge in [-0.25, -0.2) is 14.9 Å². The van der Waals surface area contributed by atoms with Crippen LogP contribution in [0, 0.1) is 0 Å². The van der Waals surface area contributed by atoms with E-state index < -0.39 is 0 Å². The molecule has 0 unspecified atom stereocenters. The minimum Gasteiger partial charge on any atom is -0.344 e. The molecule has 26 heavy (non-hydrogen) atoms. The standard InChI is InChI=1S/C17H20N6O2S/c1-2-23-15(20-21-17(23)25)11-5-9-22(10-6-11)16(24)13-4-3-12(26-13)14-18-7-8-19-14/h3-4,7-8,11H,2,5-6,9-10H2,1H3,(H,18,19)(H,21,25). The first kappa shape index (κ1) is 16.8. The number of piperidine rings is 1. The summed E-state index contributed by atoms with van der Waals surface area (Å²) < 4.78 is 1.68. The summed E-state index contributed by atoms with van der Waals surface area (Å²) >= 11 is 1.45. The molecule has 0 radical (unpaired) electrons. The third kappa shape index (κ3) is 2.98. The molecule has 1 amide bonds. The zero-order valence-electron chi connectivity index (χ0n) is 14.4. The number of thiophene rings is 1. The number of likely N-dealkylation sites (tertiary alicyclic amines) is 1. The van der Waals surface area contributed by atoms with Gasteiger partial charge >= 0.3 is 5.69 Å². The summed E-state index contributed by atoms with van der Waals surface area (Å²) in [5, 5.41) is 6.71. The highest BCUT2D eigenvalue weighted by atomic mass is 32.1. The minimum absolute atomic E-state index is 0.0566. The van der Waals surface area contributed by atoms with Crippen LogP contribution in [0.3, 0.4) is 0 Å². The number of aromatic amines is 2. The second kappa shape index (κ2) is 6.91. The number of H-pyrrole nitrogens is 2. The molecule has 2 N–H and O–H groups in total. The van der Waals surface area contributed by atoms with Crippen molar-refractivity contribution in [2.45, 2.75) is 32.2 Å². The maximum Gasteiger partial charge on any atom is 0.343 e. The van der Waals surface area contributed by atoms with Crippen molar-refractivity contribution in [3.05, 3.63) is 45.7 Å². The first-order valence-corrected chi connectivity index (χ1v) is 9.53. The number of nitrogens with one attached hydrogen (secondary N) is 2. The highest BCUT2D eigenvalue weighted by molar-refractivity contribution is 7.17. The SMILES string of the molecule is CCn1c(C2CCN(C(=O)c3ccc(-c4ncc[nH]4)s3)CC2)n[nH]c1=O. The molecule has 0 aromatic carbocycles. The first-order chi connectivity index (χ1) is 12.7. The van der Waals surface area contributed by atoms with E-state index in [2.05, 4.69) is 20.2 Å². The molecule has 1 aliphatic rings. The van der Waals surface area contributed by atoms with Gasteiger partial charge in [0.1, 0.15) is 11.6 Å². The molecule has 4 rings (SSSR count). The highest BCUT2D eigenvalue weighted by Gasteiger charge is 2.28. The van der Waals surface area contributed by atoms with Gasteiger partial charge < -0.3 is 9.88 Å². The molecule has 0 spiro atoms.